The number of amides is 3. The molecule has 1 aromatic carbocycles. The van der Waals surface area contributed by atoms with E-state index in [9.17, 15) is 14.4 Å². The van der Waals surface area contributed by atoms with E-state index in [0.717, 1.165) is 31.2 Å². The molecule has 32 heavy (non-hydrogen) atoms. The third-order valence-corrected chi connectivity index (χ3v) is 6.72. The number of fused-ring (bicyclic) bond motifs is 1. The highest BCUT2D eigenvalue weighted by Crippen LogP contribution is 2.18. The molecule has 8 heteroatoms. The van der Waals surface area contributed by atoms with E-state index in [1.165, 1.54) is 30.2 Å². The van der Waals surface area contributed by atoms with Gasteiger partial charge in [0.05, 0.1) is 17.2 Å². The number of para-hydroxylation sites is 1. The lowest BCUT2D eigenvalue weighted by Gasteiger charge is -2.34. The Bertz CT molecular complexity index is 1020. The summed E-state index contributed by atoms with van der Waals surface area (Å²) in [6.45, 7) is 3.52. The third-order valence-electron chi connectivity index (χ3n) is 6.72. The fourth-order valence-electron chi connectivity index (χ4n) is 4.76. The van der Waals surface area contributed by atoms with Crippen molar-refractivity contribution in [3.63, 3.8) is 0 Å². The minimum atomic E-state index is -0.121. The van der Waals surface area contributed by atoms with Gasteiger partial charge in [0.25, 0.3) is 5.56 Å². The van der Waals surface area contributed by atoms with Gasteiger partial charge in [0, 0.05) is 38.1 Å². The standard InChI is InChI=1S/C24H33N5O3/c1-17-6-5-9-20-22(17)25-16-29(23(20)31)15-12-21(30)26-19-10-13-28(14-11-19)24(32)27-18-7-3-2-4-8-18/h5-6,9,16,18-19H,2-4,7-8,10-15H2,1H3,(H,26,30)(H,27,32). The molecular weight excluding hydrogens is 406 g/mol. The van der Waals surface area contributed by atoms with E-state index in [0.29, 0.717) is 36.6 Å². The maximum absolute atomic E-state index is 12.7. The number of benzene rings is 1. The smallest absolute Gasteiger partial charge is 0.317 e. The summed E-state index contributed by atoms with van der Waals surface area (Å²) in [6, 6.07) is 5.95. The number of carbonyl (C=O) groups is 2. The highest BCUT2D eigenvalue weighted by Gasteiger charge is 2.25. The van der Waals surface area contributed by atoms with Gasteiger partial charge >= 0.3 is 6.03 Å². The molecule has 2 N–H and O–H groups in total. The summed E-state index contributed by atoms with van der Waals surface area (Å²) in [7, 11) is 0. The Morgan fingerprint density at radius 2 is 1.75 bits per heavy atom. The van der Waals surface area contributed by atoms with Crippen molar-refractivity contribution >= 4 is 22.8 Å². The maximum atomic E-state index is 12.7. The van der Waals surface area contributed by atoms with Crippen LogP contribution in [-0.4, -0.2) is 51.6 Å². The summed E-state index contributed by atoms with van der Waals surface area (Å²) in [5, 5.41) is 6.80. The predicted octanol–water partition coefficient (Wildman–Crippen LogP) is 2.72. The molecule has 2 aromatic rings. The van der Waals surface area contributed by atoms with Crippen molar-refractivity contribution in [1.82, 2.24) is 25.1 Å². The molecule has 0 bridgehead atoms. The van der Waals surface area contributed by atoms with Crippen molar-refractivity contribution in [3.05, 3.63) is 40.4 Å². The van der Waals surface area contributed by atoms with E-state index in [2.05, 4.69) is 15.6 Å². The quantitative estimate of drug-likeness (QED) is 0.749. The Labute approximate surface area is 188 Å². The van der Waals surface area contributed by atoms with Gasteiger partial charge in [0.15, 0.2) is 0 Å². The van der Waals surface area contributed by atoms with Crippen LogP contribution >= 0.6 is 0 Å². The molecule has 0 unspecified atom stereocenters. The van der Waals surface area contributed by atoms with Gasteiger partial charge in [-0.3, -0.25) is 14.2 Å². The minimum Gasteiger partial charge on any atom is -0.353 e. The molecule has 1 saturated carbocycles. The molecule has 0 spiro atoms. The number of nitrogens with one attached hydrogen (secondary N) is 2. The molecule has 3 amide bonds. The third kappa shape index (κ3) is 5.29. The summed E-state index contributed by atoms with van der Waals surface area (Å²) < 4.78 is 1.50. The van der Waals surface area contributed by atoms with E-state index in [-0.39, 0.29) is 30.0 Å². The van der Waals surface area contributed by atoms with Crippen LogP contribution in [0.3, 0.4) is 0 Å². The molecule has 0 atom stereocenters. The van der Waals surface area contributed by atoms with Crippen LogP contribution < -0.4 is 16.2 Å². The van der Waals surface area contributed by atoms with Gasteiger partial charge in [0.2, 0.25) is 5.91 Å². The molecule has 1 aliphatic carbocycles. The van der Waals surface area contributed by atoms with Gasteiger partial charge in [-0.05, 0) is 44.2 Å². The average Bonchev–Trinajstić information content (AvgIpc) is 2.80. The molecule has 0 radical (unpaired) electrons. The lowest BCUT2D eigenvalue weighted by Crippen LogP contribution is -2.51. The number of aryl methyl sites for hydroxylation is 2. The van der Waals surface area contributed by atoms with Crippen molar-refractivity contribution in [2.75, 3.05) is 13.1 Å². The number of piperidine rings is 1. The van der Waals surface area contributed by atoms with Gasteiger partial charge in [-0.25, -0.2) is 9.78 Å². The molecule has 1 aliphatic heterocycles. The molecule has 4 rings (SSSR count). The lowest BCUT2D eigenvalue weighted by molar-refractivity contribution is -0.122. The van der Waals surface area contributed by atoms with Gasteiger partial charge in [-0.15, -0.1) is 0 Å². The van der Waals surface area contributed by atoms with Crippen molar-refractivity contribution in [3.8, 4) is 0 Å². The van der Waals surface area contributed by atoms with Crippen molar-refractivity contribution < 1.29 is 9.59 Å². The zero-order valence-corrected chi connectivity index (χ0v) is 18.8. The average molecular weight is 440 g/mol. The molecule has 2 aliphatic rings. The van der Waals surface area contributed by atoms with Crippen LogP contribution in [0, 0.1) is 6.92 Å². The largest absolute Gasteiger partial charge is 0.353 e. The molecule has 1 saturated heterocycles. The van der Waals surface area contributed by atoms with E-state index >= 15 is 0 Å². The SMILES string of the molecule is Cc1cccc2c(=O)n(CCC(=O)NC3CCN(C(=O)NC4CCCCC4)CC3)cnc12. The van der Waals surface area contributed by atoms with Crippen LogP contribution in [0.4, 0.5) is 4.79 Å². The molecule has 172 valence electrons. The first kappa shape index (κ1) is 22.3. The summed E-state index contributed by atoms with van der Waals surface area (Å²) in [6.07, 6.45) is 9.06. The Hall–Kier alpha value is -2.90. The second kappa shape index (κ2) is 10.1. The Morgan fingerprint density at radius 3 is 2.50 bits per heavy atom. The number of aromatic nitrogens is 2. The topological polar surface area (TPSA) is 96.3 Å². The molecule has 8 nitrogen and oxygen atoms in total. The minimum absolute atomic E-state index is 0.0279. The summed E-state index contributed by atoms with van der Waals surface area (Å²) in [5.41, 5.74) is 1.55. The van der Waals surface area contributed by atoms with Crippen LogP contribution in [0.15, 0.2) is 29.3 Å². The second-order valence-corrected chi connectivity index (χ2v) is 9.08. The zero-order chi connectivity index (χ0) is 22.5. The first-order chi connectivity index (χ1) is 15.5. The highest BCUT2D eigenvalue weighted by atomic mass is 16.2. The van der Waals surface area contributed by atoms with Crippen LogP contribution in [0.2, 0.25) is 0 Å². The Kier molecular flexibility index (Phi) is 7.07. The number of rotatable bonds is 5. The van der Waals surface area contributed by atoms with Crippen LogP contribution in [-0.2, 0) is 11.3 Å². The Morgan fingerprint density at radius 1 is 1.03 bits per heavy atom. The fourth-order valence-corrected chi connectivity index (χ4v) is 4.76. The summed E-state index contributed by atoms with van der Waals surface area (Å²) in [5.74, 6) is -0.0775. The number of likely N-dealkylation sites (tertiary alicyclic amines) is 1. The van der Waals surface area contributed by atoms with Gasteiger partial charge in [-0.2, -0.15) is 0 Å². The van der Waals surface area contributed by atoms with Crippen molar-refractivity contribution in [2.45, 2.75) is 76.9 Å². The van der Waals surface area contributed by atoms with E-state index in [1.54, 1.807) is 6.07 Å². The van der Waals surface area contributed by atoms with Crippen LogP contribution in [0.5, 0.6) is 0 Å². The van der Waals surface area contributed by atoms with Gasteiger partial charge in [0.1, 0.15) is 0 Å². The molecular formula is C24H33N5O3. The number of hydrogen-bond acceptors (Lipinski definition) is 4. The number of hydrogen-bond donors (Lipinski definition) is 2. The Balaban J connectivity index is 1.22. The number of nitrogens with zero attached hydrogens (tertiary/aromatic N) is 3. The van der Waals surface area contributed by atoms with E-state index in [1.807, 2.05) is 24.0 Å². The van der Waals surface area contributed by atoms with Gasteiger partial charge < -0.3 is 15.5 Å². The number of carbonyl (C=O) groups excluding carboxylic acids is 2. The van der Waals surface area contributed by atoms with Gasteiger partial charge in [-0.1, -0.05) is 31.4 Å². The van der Waals surface area contributed by atoms with Crippen LogP contribution in [0.25, 0.3) is 10.9 Å². The molecule has 2 heterocycles. The normalized spacial score (nSPS) is 18.0. The van der Waals surface area contributed by atoms with Crippen molar-refractivity contribution in [1.29, 1.82) is 0 Å². The van der Waals surface area contributed by atoms with E-state index in [4.69, 9.17) is 0 Å². The summed E-state index contributed by atoms with van der Waals surface area (Å²) in [4.78, 5) is 43.9. The molecule has 2 fully saturated rings. The second-order valence-electron chi connectivity index (χ2n) is 9.08. The fraction of sp³-hybridized carbons (Fsp3) is 0.583. The molecule has 1 aromatic heterocycles. The zero-order valence-electron chi connectivity index (χ0n) is 18.8. The monoisotopic (exact) mass is 439 g/mol. The van der Waals surface area contributed by atoms with Crippen LogP contribution in [0.1, 0.15) is 56.9 Å². The van der Waals surface area contributed by atoms with E-state index < -0.39 is 0 Å². The first-order valence-corrected chi connectivity index (χ1v) is 11.8. The number of urea groups is 1. The first-order valence-electron chi connectivity index (χ1n) is 11.8. The lowest BCUT2D eigenvalue weighted by atomic mass is 9.95. The maximum Gasteiger partial charge on any atom is 0.317 e. The summed E-state index contributed by atoms with van der Waals surface area (Å²) >= 11 is 0. The van der Waals surface area contributed by atoms with Crippen molar-refractivity contribution in [2.24, 2.45) is 0 Å². The predicted molar refractivity (Wildman–Crippen MR) is 123 cm³/mol. The highest BCUT2D eigenvalue weighted by molar-refractivity contribution is 5.80.